The summed E-state index contributed by atoms with van der Waals surface area (Å²) in [5.41, 5.74) is 0. The molecular weight excluding hydrogens is 151 g/mol. The summed E-state index contributed by atoms with van der Waals surface area (Å²) in [6, 6.07) is 0. The lowest BCUT2D eigenvalue weighted by Crippen LogP contribution is -2.15. The molecule has 0 saturated heterocycles. The molecule has 1 aliphatic rings. The largest absolute Gasteiger partial charge is 0.251 e. The summed E-state index contributed by atoms with van der Waals surface area (Å²) in [5.74, 6) is 1.67. The summed E-state index contributed by atoms with van der Waals surface area (Å²) in [4.78, 5) is 0. The molecule has 0 aromatic rings. The topological polar surface area (TPSA) is 0 Å². The Morgan fingerprint density at radius 1 is 1.25 bits per heavy atom. The Morgan fingerprint density at radius 2 is 1.92 bits per heavy atom. The van der Waals surface area contributed by atoms with Crippen molar-refractivity contribution in [3.05, 3.63) is 0 Å². The molecule has 0 N–H and O–H groups in total. The normalized spacial score (nSPS) is 22.5. The smallest absolute Gasteiger partial charge is 0.0894 e. The Morgan fingerprint density at radius 3 is 2.50 bits per heavy atom. The first kappa shape index (κ1) is 10.0. The predicted molar refractivity (Wildman–Crippen MR) is 50.9 cm³/mol. The van der Waals surface area contributed by atoms with Crippen LogP contribution in [0.25, 0.3) is 0 Å². The zero-order chi connectivity index (χ0) is 8.81. The maximum absolute atomic E-state index is 11.9. The quantitative estimate of drug-likeness (QED) is 0.602. The molecule has 1 aliphatic carbocycles. The van der Waals surface area contributed by atoms with Gasteiger partial charge in [0.15, 0.2) is 0 Å². The first-order valence-electron chi connectivity index (χ1n) is 5.40. The van der Waals surface area contributed by atoms with E-state index in [0.717, 1.165) is 24.7 Å². The van der Waals surface area contributed by atoms with E-state index < -0.39 is 0 Å². The Kier molecular flexibility index (Phi) is 4.63. The molecule has 0 amide bonds. The Hall–Kier alpha value is -0.0700. The molecule has 0 bridgehead atoms. The van der Waals surface area contributed by atoms with Crippen molar-refractivity contribution in [3.8, 4) is 0 Å². The van der Waals surface area contributed by atoms with E-state index in [-0.39, 0.29) is 6.67 Å². The van der Waals surface area contributed by atoms with Gasteiger partial charge in [-0.3, -0.25) is 4.39 Å². The van der Waals surface area contributed by atoms with Crippen molar-refractivity contribution in [2.45, 2.75) is 51.9 Å². The molecule has 0 aliphatic heterocycles. The molecular formula is C11H21F. The Balaban J connectivity index is 2.15. The molecule has 0 aromatic carbocycles. The van der Waals surface area contributed by atoms with Crippen LogP contribution in [0, 0.1) is 11.8 Å². The highest BCUT2D eigenvalue weighted by Crippen LogP contribution is 2.31. The van der Waals surface area contributed by atoms with Crippen molar-refractivity contribution >= 4 is 0 Å². The maximum Gasteiger partial charge on any atom is 0.0894 e. The van der Waals surface area contributed by atoms with E-state index in [2.05, 4.69) is 6.92 Å². The maximum atomic E-state index is 11.9. The molecule has 1 atom stereocenters. The minimum Gasteiger partial charge on any atom is -0.251 e. The van der Waals surface area contributed by atoms with Gasteiger partial charge >= 0.3 is 0 Å². The van der Waals surface area contributed by atoms with E-state index in [0.29, 0.717) is 0 Å². The van der Waals surface area contributed by atoms with Crippen molar-refractivity contribution in [1.29, 1.82) is 0 Å². The number of alkyl halides is 1. The predicted octanol–water partition coefficient (Wildman–Crippen LogP) is 3.95. The van der Waals surface area contributed by atoms with Crippen molar-refractivity contribution in [3.63, 3.8) is 0 Å². The van der Waals surface area contributed by atoms with Gasteiger partial charge in [0, 0.05) is 0 Å². The fraction of sp³-hybridized carbons (Fsp3) is 1.00. The zero-order valence-corrected chi connectivity index (χ0v) is 8.19. The van der Waals surface area contributed by atoms with Crippen LogP contribution >= 0.6 is 0 Å². The standard InChI is InChI=1S/C11H21F/c1-10(6-5-9-12)11-7-3-2-4-8-11/h10-11H,2-9H2,1H3. The second-order valence-corrected chi connectivity index (χ2v) is 4.21. The van der Waals surface area contributed by atoms with Crippen molar-refractivity contribution in [2.75, 3.05) is 6.67 Å². The molecule has 12 heavy (non-hydrogen) atoms. The average Bonchev–Trinajstić information content (AvgIpc) is 2.15. The van der Waals surface area contributed by atoms with Gasteiger partial charge in [-0.15, -0.1) is 0 Å². The molecule has 0 heterocycles. The van der Waals surface area contributed by atoms with Gasteiger partial charge in [-0.2, -0.15) is 0 Å². The Bertz CT molecular complexity index is 106. The number of halogens is 1. The summed E-state index contributed by atoms with van der Waals surface area (Å²) in [6.07, 6.45) is 8.90. The second-order valence-electron chi connectivity index (χ2n) is 4.21. The number of rotatable bonds is 4. The van der Waals surface area contributed by atoms with Crippen LogP contribution in [0.1, 0.15) is 51.9 Å². The fourth-order valence-electron chi connectivity index (χ4n) is 2.34. The zero-order valence-electron chi connectivity index (χ0n) is 8.19. The molecule has 0 radical (unpaired) electrons. The molecule has 1 unspecified atom stereocenters. The molecule has 1 heteroatoms. The minimum atomic E-state index is -0.128. The van der Waals surface area contributed by atoms with Gasteiger partial charge in [0.2, 0.25) is 0 Å². The van der Waals surface area contributed by atoms with E-state index in [1.165, 1.54) is 32.1 Å². The van der Waals surface area contributed by atoms with Gasteiger partial charge in [-0.25, -0.2) is 0 Å². The van der Waals surface area contributed by atoms with Crippen molar-refractivity contribution < 1.29 is 4.39 Å². The van der Waals surface area contributed by atoms with Crippen LogP contribution in [0.3, 0.4) is 0 Å². The summed E-state index contributed by atoms with van der Waals surface area (Å²) >= 11 is 0. The lowest BCUT2D eigenvalue weighted by Gasteiger charge is -2.27. The van der Waals surface area contributed by atoms with Crippen LogP contribution in [0.5, 0.6) is 0 Å². The lowest BCUT2D eigenvalue weighted by atomic mass is 9.79. The van der Waals surface area contributed by atoms with Gasteiger partial charge in [-0.1, -0.05) is 39.0 Å². The van der Waals surface area contributed by atoms with E-state index in [4.69, 9.17) is 0 Å². The van der Waals surface area contributed by atoms with Crippen LogP contribution in [-0.4, -0.2) is 6.67 Å². The monoisotopic (exact) mass is 172 g/mol. The fourth-order valence-corrected chi connectivity index (χ4v) is 2.34. The van der Waals surface area contributed by atoms with Crippen molar-refractivity contribution in [2.24, 2.45) is 11.8 Å². The van der Waals surface area contributed by atoms with Gasteiger partial charge < -0.3 is 0 Å². The third-order valence-electron chi connectivity index (χ3n) is 3.25. The van der Waals surface area contributed by atoms with Crippen LogP contribution in [0.2, 0.25) is 0 Å². The van der Waals surface area contributed by atoms with Crippen LogP contribution in [0.4, 0.5) is 4.39 Å². The minimum absolute atomic E-state index is 0.128. The molecule has 0 aromatic heterocycles. The number of hydrogen-bond acceptors (Lipinski definition) is 0. The molecule has 1 saturated carbocycles. The van der Waals surface area contributed by atoms with Crippen LogP contribution in [0.15, 0.2) is 0 Å². The average molecular weight is 172 g/mol. The Labute approximate surface area is 75.5 Å². The van der Waals surface area contributed by atoms with E-state index in [9.17, 15) is 4.39 Å². The lowest BCUT2D eigenvalue weighted by molar-refractivity contribution is 0.243. The molecule has 0 spiro atoms. The summed E-state index contributed by atoms with van der Waals surface area (Å²) in [7, 11) is 0. The van der Waals surface area contributed by atoms with E-state index >= 15 is 0 Å². The highest BCUT2D eigenvalue weighted by Gasteiger charge is 2.19. The first-order chi connectivity index (χ1) is 5.84. The molecule has 1 fully saturated rings. The summed E-state index contributed by atoms with van der Waals surface area (Å²) in [5, 5.41) is 0. The molecule has 72 valence electrons. The molecule has 0 nitrogen and oxygen atoms in total. The van der Waals surface area contributed by atoms with E-state index in [1.54, 1.807) is 0 Å². The summed E-state index contributed by atoms with van der Waals surface area (Å²) in [6.45, 7) is 2.17. The van der Waals surface area contributed by atoms with Gasteiger partial charge in [-0.05, 0) is 24.7 Å². The SMILES string of the molecule is CC(CCCF)C1CCCCC1. The third-order valence-corrected chi connectivity index (χ3v) is 3.25. The molecule has 1 rings (SSSR count). The van der Waals surface area contributed by atoms with Crippen LogP contribution < -0.4 is 0 Å². The first-order valence-corrected chi connectivity index (χ1v) is 5.40. The van der Waals surface area contributed by atoms with Crippen molar-refractivity contribution in [1.82, 2.24) is 0 Å². The summed E-state index contributed by atoms with van der Waals surface area (Å²) < 4.78 is 11.9. The van der Waals surface area contributed by atoms with Gasteiger partial charge in [0.1, 0.15) is 0 Å². The van der Waals surface area contributed by atoms with Crippen LogP contribution in [-0.2, 0) is 0 Å². The highest BCUT2D eigenvalue weighted by molar-refractivity contribution is 4.70. The highest BCUT2D eigenvalue weighted by atomic mass is 19.1. The van der Waals surface area contributed by atoms with Gasteiger partial charge in [0.05, 0.1) is 6.67 Å². The van der Waals surface area contributed by atoms with Gasteiger partial charge in [0.25, 0.3) is 0 Å². The number of hydrogen-bond donors (Lipinski definition) is 0. The third kappa shape index (κ3) is 3.12. The van der Waals surface area contributed by atoms with E-state index in [1.807, 2.05) is 0 Å². The second kappa shape index (κ2) is 5.55.